The van der Waals surface area contributed by atoms with Crippen LogP contribution in [0.1, 0.15) is 53.8 Å². The quantitative estimate of drug-likeness (QED) is 0.327. The van der Waals surface area contributed by atoms with E-state index in [9.17, 15) is 27.7 Å². The summed E-state index contributed by atoms with van der Waals surface area (Å²) in [7, 11) is -3.94. The summed E-state index contributed by atoms with van der Waals surface area (Å²) in [5, 5.41) is 7.45. The molecule has 4 atom stereocenters. The number of rotatable bonds is 6. The molecule has 3 amide bonds. The van der Waals surface area contributed by atoms with E-state index in [0.717, 1.165) is 42.7 Å². The summed E-state index contributed by atoms with van der Waals surface area (Å²) in [5.41, 5.74) is -5.22. The number of carbonyl (C=O) groups is 3. The van der Waals surface area contributed by atoms with E-state index in [1.54, 1.807) is 27.9 Å². The molecule has 4 aliphatic rings. The number of thiophene rings is 1. The second-order valence-electron chi connectivity index (χ2n) is 11.6. The van der Waals surface area contributed by atoms with Crippen molar-refractivity contribution in [2.24, 2.45) is 16.0 Å². The first kappa shape index (κ1) is 29.9. The predicted molar refractivity (Wildman–Crippen MR) is 152 cm³/mol. The number of azo groups is 2. The Kier molecular flexibility index (Phi) is 7.72. The van der Waals surface area contributed by atoms with Crippen molar-refractivity contribution in [1.82, 2.24) is 15.1 Å². The molecule has 2 aromatic rings. The average Bonchev–Trinajstić information content (AvgIpc) is 3.65. The van der Waals surface area contributed by atoms with Crippen molar-refractivity contribution >= 4 is 53.1 Å². The predicted octanol–water partition coefficient (Wildman–Crippen LogP) is 3.08. The van der Waals surface area contributed by atoms with Gasteiger partial charge in [0, 0.05) is 29.4 Å². The van der Waals surface area contributed by atoms with Crippen molar-refractivity contribution in [3.63, 3.8) is 0 Å². The lowest BCUT2D eigenvalue weighted by Crippen LogP contribution is -2.61. The topological polar surface area (TPSA) is 155 Å². The Morgan fingerprint density at radius 3 is 2.58 bits per heavy atom. The fraction of sp³-hybridized carbons (Fsp3) is 0.556. The molecule has 1 aromatic carbocycles. The first-order valence-electron chi connectivity index (χ1n) is 14.2. The number of hydrogen-bond acceptors (Lipinski definition) is 7. The van der Waals surface area contributed by atoms with Crippen LogP contribution in [0.15, 0.2) is 34.4 Å². The highest BCUT2D eigenvalue weighted by molar-refractivity contribution is 7.52. The van der Waals surface area contributed by atoms with Gasteiger partial charge in [-0.1, -0.05) is 29.0 Å². The summed E-state index contributed by atoms with van der Waals surface area (Å²) >= 11 is 1.02. The molecule has 0 bridgehead atoms. The van der Waals surface area contributed by atoms with Gasteiger partial charge in [-0.05, 0) is 49.3 Å². The third kappa shape index (κ3) is 5.52. The number of likely N-dealkylation sites (tertiary alicyclic amines) is 1. The molecule has 43 heavy (non-hydrogen) atoms. The van der Waals surface area contributed by atoms with Crippen molar-refractivity contribution in [1.29, 1.82) is 0 Å². The zero-order valence-corrected chi connectivity index (χ0v) is 25.0. The van der Waals surface area contributed by atoms with Gasteiger partial charge in [-0.15, -0.1) is 16.0 Å². The number of benzene rings is 1. The third-order valence-corrected chi connectivity index (χ3v) is 10.8. The van der Waals surface area contributed by atoms with Gasteiger partial charge in [-0.2, -0.15) is 8.78 Å². The summed E-state index contributed by atoms with van der Waals surface area (Å²) in [6.07, 6.45) is 5.50. The van der Waals surface area contributed by atoms with Gasteiger partial charge in [-0.3, -0.25) is 18.9 Å². The molecule has 6 rings (SSSR count). The molecule has 12 nitrogen and oxygen atoms in total. The van der Waals surface area contributed by atoms with E-state index in [1.165, 1.54) is 12.1 Å². The molecule has 230 valence electrons. The summed E-state index contributed by atoms with van der Waals surface area (Å²) in [5.74, 6) is -0.815. The maximum Gasteiger partial charge on any atom is 0.399 e. The highest BCUT2D eigenvalue weighted by Crippen LogP contribution is 2.59. The van der Waals surface area contributed by atoms with Gasteiger partial charge < -0.3 is 24.9 Å². The van der Waals surface area contributed by atoms with E-state index in [4.69, 9.17) is 9.79 Å². The molecule has 3 fully saturated rings. The summed E-state index contributed by atoms with van der Waals surface area (Å²) < 4.78 is 41.9. The summed E-state index contributed by atoms with van der Waals surface area (Å²) in [4.78, 5) is 66.8. The Bertz CT molecular complexity index is 1590. The van der Waals surface area contributed by atoms with Crippen LogP contribution in [0.2, 0.25) is 0 Å². The van der Waals surface area contributed by atoms with Crippen LogP contribution in [0, 0.1) is 5.92 Å². The SMILES string of the molecule is C[N+]1=NC(C2CN(C(=O)[C@@H]3CC[C@@H]4CCCC[C@H](NC(=O)c5cc6cc(C(F)(F)P(=O)(O)O)ccc6s5)C(=O)N43)C2)N=C1. The molecular formula is C27H32F2N6O6PS+. The molecule has 3 saturated heterocycles. The van der Waals surface area contributed by atoms with E-state index in [1.807, 2.05) is 0 Å². The number of hydrogen-bond donors (Lipinski definition) is 3. The smallest absolute Gasteiger partial charge is 0.340 e. The van der Waals surface area contributed by atoms with Gasteiger partial charge in [0.05, 0.1) is 10.8 Å². The van der Waals surface area contributed by atoms with Crippen LogP contribution in [-0.4, -0.2) is 92.8 Å². The molecule has 1 unspecified atom stereocenters. The molecule has 1 aromatic heterocycles. The molecule has 16 heteroatoms. The Hall–Kier alpha value is -3.13. The van der Waals surface area contributed by atoms with Gasteiger partial charge in [0.2, 0.25) is 11.8 Å². The fourth-order valence-corrected chi connectivity index (χ4v) is 7.79. The summed E-state index contributed by atoms with van der Waals surface area (Å²) in [6, 6.07) is 3.01. The normalized spacial score (nSPS) is 26.6. The van der Waals surface area contributed by atoms with Crippen LogP contribution in [-0.2, 0) is 19.8 Å². The van der Waals surface area contributed by atoms with Crippen molar-refractivity contribution < 1.29 is 42.2 Å². The van der Waals surface area contributed by atoms with E-state index in [0.29, 0.717) is 37.1 Å². The van der Waals surface area contributed by atoms with Crippen LogP contribution < -0.4 is 5.32 Å². The van der Waals surface area contributed by atoms with Crippen molar-refractivity contribution in [3.8, 4) is 0 Å². The Labute approximate surface area is 249 Å². The van der Waals surface area contributed by atoms with Gasteiger partial charge in [0.15, 0.2) is 0 Å². The number of amides is 3. The van der Waals surface area contributed by atoms with E-state index < -0.39 is 36.8 Å². The highest BCUT2D eigenvalue weighted by Gasteiger charge is 2.51. The number of halogens is 2. The standard InChI is InChI=1S/C27H31F2N6O6PS/c1-33-14-30-23(32-33)16-12-34(13-16)26(38)20-8-7-18-4-2-3-5-19(25(37)35(18)20)31-24(36)22-11-15-10-17(6-9-21(15)43-22)27(28,29)42(39,40)41/h6,9-11,14,16,18-20,23H,2-5,7-8,12-13H2,1H3,(H2-,31,36,39,40,41)/p+1/t18-,19-,20-,23?/m0/s1. The van der Waals surface area contributed by atoms with Crippen LogP contribution in [0.25, 0.3) is 10.1 Å². The number of aliphatic imine (C=N–C) groups is 1. The fourth-order valence-electron chi connectivity index (χ4n) is 6.37. The highest BCUT2D eigenvalue weighted by atomic mass is 32.1. The lowest BCUT2D eigenvalue weighted by Gasteiger charge is -2.42. The molecule has 0 spiro atoms. The van der Waals surface area contributed by atoms with E-state index >= 15 is 0 Å². The van der Waals surface area contributed by atoms with E-state index in [-0.39, 0.29) is 40.2 Å². The largest absolute Gasteiger partial charge is 0.399 e. The molecule has 5 heterocycles. The molecule has 3 N–H and O–H groups in total. The monoisotopic (exact) mass is 637 g/mol. The molecular weight excluding hydrogens is 605 g/mol. The lowest BCUT2D eigenvalue weighted by atomic mass is 9.95. The zero-order valence-electron chi connectivity index (χ0n) is 23.3. The third-order valence-electron chi connectivity index (χ3n) is 8.71. The number of carbonyl (C=O) groups excluding carboxylic acids is 3. The van der Waals surface area contributed by atoms with Crippen molar-refractivity contribution in [3.05, 3.63) is 34.7 Å². The second kappa shape index (κ2) is 11.1. The van der Waals surface area contributed by atoms with Crippen LogP contribution in [0.4, 0.5) is 8.78 Å². The van der Waals surface area contributed by atoms with Crippen LogP contribution in [0.3, 0.4) is 0 Å². The maximum atomic E-state index is 14.2. The minimum Gasteiger partial charge on any atom is -0.340 e. The van der Waals surface area contributed by atoms with Gasteiger partial charge in [0.1, 0.15) is 19.1 Å². The van der Waals surface area contributed by atoms with E-state index in [2.05, 4.69) is 15.4 Å². The van der Waals surface area contributed by atoms with Crippen LogP contribution >= 0.6 is 18.9 Å². The first-order valence-corrected chi connectivity index (χ1v) is 16.6. The van der Waals surface area contributed by atoms with Crippen molar-refractivity contribution in [2.75, 3.05) is 20.1 Å². The zero-order chi connectivity index (χ0) is 30.7. The summed E-state index contributed by atoms with van der Waals surface area (Å²) in [6.45, 7) is 1.05. The number of nitrogens with one attached hydrogen (secondary N) is 1. The minimum absolute atomic E-state index is 0.0836. The average molecular weight is 638 g/mol. The molecule has 4 aliphatic heterocycles. The molecule has 0 saturated carbocycles. The number of fused-ring (bicyclic) bond motifs is 2. The minimum atomic E-state index is -5.75. The molecule has 0 radical (unpaired) electrons. The molecule has 0 aliphatic carbocycles. The maximum absolute atomic E-state index is 14.2. The Morgan fingerprint density at radius 1 is 1.14 bits per heavy atom. The van der Waals surface area contributed by atoms with Crippen LogP contribution in [0.5, 0.6) is 0 Å². The second-order valence-corrected chi connectivity index (χ2v) is 14.4. The van der Waals surface area contributed by atoms with Crippen molar-refractivity contribution in [2.45, 2.75) is 68.5 Å². The first-order chi connectivity index (χ1) is 20.3. The van der Waals surface area contributed by atoms with Gasteiger partial charge in [0.25, 0.3) is 12.1 Å². The van der Waals surface area contributed by atoms with Gasteiger partial charge in [-0.25, -0.2) is 0 Å². The number of nitrogens with zero attached hydrogens (tertiary/aromatic N) is 5. The Morgan fingerprint density at radius 2 is 1.88 bits per heavy atom. The van der Waals surface area contributed by atoms with Gasteiger partial charge >= 0.3 is 19.6 Å². The lowest BCUT2D eigenvalue weighted by molar-refractivity contribution is -0.437. The Balaban J connectivity index is 1.15. The number of alkyl halides is 2.